The van der Waals surface area contributed by atoms with Gasteiger partial charge in [0.25, 0.3) is 5.56 Å². The van der Waals surface area contributed by atoms with Crippen molar-refractivity contribution >= 4 is 7.82 Å². The summed E-state index contributed by atoms with van der Waals surface area (Å²) in [6, 6.07) is 18.3. The van der Waals surface area contributed by atoms with E-state index in [-0.39, 0.29) is 5.56 Å². The Morgan fingerprint density at radius 1 is 0.971 bits per heavy atom. The summed E-state index contributed by atoms with van der Waals surface area (Å²) < 4.78 is 21.8. The average molecular weight is 490 g/mol. The first-order valence-electron chi connectivity index (χ1n) is 10.3. The largest absolute Gasteiger partial charge is 0.469 e. The minimum atomic E-state index is -4.85. The van der Waals surface area contributed by atoms with E-state index in [1.54, 1.807) is 0 Å². The highest BCUT2D eigenvalue weighted by molar-refractivity contribution is 7.46. The van der Waals surface area contributed by atoms with Crippen molar-refractivity contribution in [1.29, 1.82) is 0 Å². The molecule has 0 aliphatic carbocycles. The number of hydrogen-bond acceptors (Lipinski definition) is 7. The van der Waals surface area contributed by atoms with Crippen LogP contribution in [0.4, 0.5) is 0 Å². The van der Waals surface area contributed by atoms with Gasteiger partial charge in [0.1, 0.15) is 18.3 Å². The van der Waals surface area contributed by atoms with E-state index in [0.717, 1.165) is 15.7 Å². The molecule has 1 saturated heterocycles. The van der Waals surface area contributed by atoms with Gasteiger partial charge in [-0.05, 0) is 11.1 Å². The van der Waals surface area contributed by atoms with Crippen LogP contribution in [0.3, 0.4) is 0 Å². The van der Waals surface area contributed by atoms with Crippen LogP contribution < -0.4 is 11.2 Å². The highest BCUT2D eigenvalue weighted by Crippen LogP contribution is 2.38. The van der Waals surface area contributed by atoms with E-state index in [9.17, 15) is 24.4 Å². The zero-order chi connectivity index (χ0) is 24.5. The Hall–Kier alpha value is -2.89. The zero-order valence-corrected chi connectivity index (χ0v) is 18.6. The normalized spacial score (nSPS) is 22.9. The molecule has 180 valence electrons. The molecule has 11 nitrogen and oxygen atoms in total. The van der Waals surface area contributed by atoms with Gasteiger partial charge in [-0.15, -0.1) is 0 Å². The third-order valence-corrected chi connectivity index (χ3v) is 6.08. The molecular formula is C22H23N2O9P. The van der Waals surface area contributed by atoms with Gasteiger partial charge in [0.05, 0.1) is 6.61 Å². The minimum Gasteiger partial charge on any atom is -0.387 e. The van der Waals surface area contributed by atoms with E-state index in [4.69, 9.17) is 14.5 Å². The lowest BCUT2D eigenvalue weighted by Crippen LogP contribution is -2.39. The lowest BCUT2D eigenvalue weighted by molar-refractivity contribution is -0.0544. The van der Waals surface area contributed by atoms with Crippen molar-refractivity contribution in [2.24, 2.45) is 0 Å². The predicted molar refractivity (Wildman–Crippen MR) is 119 cm³/mol. The highest BCUT2D eigenvalue weighted by atomic mass is 31.2. The number of nitrogens with zero attached hydrogens (tertiary/aromatic N) is 1. The maximum Gasteiger partial charge on any atom is 0.469 e. The number of aromatic amines is 1. The maximum absolute atomic E-state index is 12.9. The molecule has 0 unspecified atom stereocenters. The van der Waals surface area contributed by atoms with E-state index in [2.05, 4.69) is 9.51 Å². The molecule has 2 aromatic carbocycles. The first-order valence-corrected chi connectivity index (χ1v) is 11.9. The predicted octanol–water partition coefficient (Wildman–Crippen LogP) is 0.445. The molecule has 3 aromatic rings. The molecule has 0 radical (unpaired) electrons. The molecule has 1 aliphatic rings. The number of aromatic nitrogens is 2. The molecule has 0 saturated carbocycles. The number of benzene rings is 2. The van der Waals surface area contributed by atoms with Gasteiger partial charge in [-0.2, -0.15) is 0 Å². The van der Waals surface area contributed by atoms with Crippen LogP contribution in [0.2, 0.25) is 0 Å². The van der Waals surface area contributed by atoms with E-state index < -0.39 is 56.1 Å². The summed E-state index contributed by atoms with van der Waals surface area (Å²) in [6.07, 6.45) is -4.73. The van der Waals surface area contributed by atoms with Gasteiger partial charge < -0.3 is 24.7 Å². The number of rotatable bonds is 7. The van der Waals surface area contributed by atoms with Gasteiger partial charge in [0, 0.05) is 17.7 Å². The Labute approximate surface area is 193 Å². The molecule has 4 rings (SSSR count). The van der Waals surface area contributed by atoms with Crippen molar-refractivity contribution in [2.45, 2.75) is 30.5 Å². The molecule has 1 aromatic heterocycles. The summed E-state index contributed by atoms with van der Waals surface area (Å²) in [6.45, 7) is -0.722. The van der Waals surface area contributed by atoms with Crippen LogP contribution in [0.15, 0.2) is 76.4 Å². The highest BCUT2D eigenvalue weighted by Gasteiger charge is 2.45. The smallest absolute Gasteiger partial charge is 0.387 e. The first-order chi connectivity index (χ1) is 16.2. The van der Waals surface area contributed by atoms with Gasteiger partial charge in [0.15, 0.2) is 6.23 Å². The Bertz CT molecular complexity index is 1250. The summed E-state index contributed by atoms with van der Waals surface area (Å²) in [5.41, 5.74) is 0.238. The number of aliphatic hydroxyl groups is 2. The summed E-state index contributed by atoms with van der Waals surface area (Å²) in [4.78, 5) is 45.5. The van der Waals surface area contributed by atoms with Gasteiger partial charge >= 0.3 is 13.5 Å². The number of phosphoric ester groups is 1. The lowest BCUT2D eigenvalue weighted by Gasteiger charge is -2.22. The molecule has 2 heterocycles. The second-order valence-electron chi connectivity index (χ2n) is 7.84. The third-order valence-electron chi connectivity index (χ3n) is 5.59. The second kappa shape index (κ2) is 9.77. The van der Waals surface area contributed by atoms with Gasteiger partial charge in [-0.3, -0.25) is 18.9 Å². The van der Waals surface area contributed by atoms with E-state index in [0.29, 0.717) is 0 Å². The van der Waals surface area contributed by atoms with Gasteiger partial charge in [0.2, 0.25) is 0 Å². The molecule has 1 aliphatic heterocycles. The van der Waals surface area contributed by atoms with Crippen molar-refractivity contribution in [3.63, 3.8) is 0 Å². The van der Waals surface area contributed by atoms with Crippen LogP contribution in [0, 0.1) is 0 Å². The zero-order valence-electron chi connectivity index (χ0n) is 17.7. The van der Waals surface area contributed by atoms with Crippen LogP contribution in [0.5, 0.6) is 0 Å². The van der Waals surface area contributed by atoms with Crippen molar-refractivity contribution < 1.29 is 33.8 Å². The quantitative estimate of drug-likeness (QED) is 0.295. The van der Waals surface area contributed by atoms with Gasteiger partial charge in [-0.1, -0.05) is 60.7 Å². The Morgan fingerprint density at radius 2 is 1.53 bits per heavy atom. The number of ether oxygens (including phenoxy) is 1. The summed E-state index contributed by atoms with van der Waals surface area (Å²) in [7, 11) is -4.85. The van der Waals surface area contributed by atoms with Crippen LogP contribution >= 0.6 is 7.82 Å². The molecule has 0 amide bonds. The maximum atomic E-state index is 12.9. The summed E-state index contributed by atoms with van der Waals surface area (Å²) in [5, 5.41) is 20.8. The number of H-pyrrole nitrogens is 1. The number of phosphoric acid groups is 1. The molecule has 5 N–H and O–H groups in total. The molecule has 12 heteroatoms. The van der Waals surface area contributed by atoms with Crippen molar-refractivity contribution in [2.75, 3.05) is 6.61 Å². The van der Waals surface area contributed by atoms with Crippen molar-refractivity contribution in [1.82, 2.24) is 9.55 Å². The summed E-state index contributed by atoms with van der Waals surface area (Å²) in [5.74, 6) is -0.560. The molecule has 0 spiro atoms. The Morgan fingerprint density at radius 3 is 2.06 bits per heavy atom. The number of aliphatic hydroxyl groups excluding tert-OH is 2. The fraction of sp³-hybridized carbons (Fsp3) is 0.273. The molecule has 4 atom stereocenters. The monoisotopic (exact) mass is 490 g/mol. The first kappa shape index (κ1) is 24.2. The third kappa shape index (κ3) is 5.11. The minimum absolute atomic E-state index is 0.192. The fourth-order valence-corrected chi connectivity index (χ4v) is 4.35. The average Bonchev–Trinajstić information content (AvgIpc) is 3.09. The fourth-order valence-electron chi connectivity index (χ4n) is 4.01. The topological polar surface area (TPSA) is 171 Å². The SMILES string of the molecule is O=c1[nH]c(=O)n([C@@H]2O[C@H](COP(=O)(O)O)[C@@H](O)[C@H]2O)cc1C(c1ccccc1)c1ccccc1. The van der Waals surface area contributed by atoms with Crippen LogP contribution in [-0.2, 0) is 13.8 Å². The van der Waals surface area contributed by atoms with E-state index in [1.165, 1.54) is 6.20 Å². The van der Waals surface area contributed by atoms with Gasteiger partial charge in [-0.25, -0.2) is 9.36 Å². The number of nitrogens with one attached hydrogen (secondary N) is 1. The molecular weight excluding hydrogens is 467 g/mol. The molecule has 34 heavy (non-hydrogen) atoms. The molecule has 0 bridgehead atoms. The van der Waals surface area contributed by atoms with E-state index >= 15 is 0 Å². The summed E-state index contributed by atoms with van der Waals surface area (Å²) >= 11 is 0. The van der Waals surface area contributed by atoms with Crippen LogP contribution in [-0.4, -0.2) is 54.5 Å². The van der Waals surface area contributed by atoms with Crippen LogP contribution in [0.25, 0.3) is 0 Å². The standard InChI is InChI=1S/C22H23N2O9P/c25-18-16(12-32-34(29,30)31)33-21(19(18)26)24-11-15(20(27)23-22(24)28)17(13-7-3-1-4-8-13)14-9-5-2-6-10-14/h1-11,16-19,21,25-26H,12H2,(H,23,27,28)(H2,29,30,31)/t16-,18-,19-,21-/m1/s1. The lowest BCUT2D eigenvalue weighted by atomic mass is 9.86. The Balaban J connectivity index is 1.76. The number of hydrogen-bond donors (Lipinski definition) is 5. The Kier molecular flexibility index (Phi) is 6.96. The van der Waals surface area contributed by atoms with E-state index in [1.807, 2.05) is 60.7 Å². The second-order valence-corrected chi connectivity index (χ2v) is 9.08. The molecule has 1 fully saturated rings. The van der Waals surface area contributed by atoms with Crippen LogP contribution in [0.1, 0.15) is 28.8 Å². The van der Waals surface area contributed by atoms with Crippen molar-refractivity contribution in [3.05, 3.63) is 104 Å². The van der Waals surface area contributed by atoms with Crippen molar-refractivity contribution in [3.8, 4) is 0 Å².